The van der Waals surface area contributed by atoms with Gasteiger partial charge in [-0.25, -0.2) is 0 Å². The fraction of sp³-hybridized carbons (Fsp3) is 0.333. The summed E-state index contributed by atoms with van der Waals surface area (Å²) in [6.07, 6.45) is 0. The molecule has 1 aliphatic rings. The van der Waals surface area contributed by atoms with E-state index in [2.05, 4.69) is 27.7 Å². The number of hydrogen-bond acceptors (Lipinski definition) is 4. The molecule has 5 nitrogen and oxygen atoms in total. The zero-order valence-electron chi connectivity index (χ0n) is 13.6. The molecule has 0 spiro atoms. The van der Waals surface area contributed by atoms with Gasteiger partial charge in [-0.1, -0.05) is 41.6 Å². The first-order chi connectivity index (χ1) is 11.9. The van der Waals surface area contributed by atoms with E-state index in [1.807, 2.05) is 41.7 Å². The summed E-state index contributed by atoms with van der Waals surface area (Å²) in [7, 11) is 0. The van der Waals surface area contributed by atoms with Crippen LogP contribution in [0.15, 0.2) is 52.4 Å². The molecule has 0 aliphatic carbocycles. The Morgan fingerprint density at radius 3 is 2.38 bits per heavy atom. The number of benzene rings is 1. The smallest absolute Gasteiger partial charge is 0.282 e. The summed E-state index contributed by atoms with van der Waals surface area (Å²) < 4.78 is 5.45. The molecule has 0 saturated carbocycles. The van der Waals surface area contributed by atoms with Crippen LogP contribution in [-0.2, 0) is 13.1 Å². The lowest BCUT2D eigenvalue weighted by atomic mass is 10.2. The van der Waals surface area contributed by atoms with Crippen LogP contribution >= 0.6 is 11.3 Å². The van der Waals surface area contributed by atoms with Crippen molar-refractivity contribution in [2.75, 3.05) is 26.2 Å². The molecule has 6 heteroatoms. The third-order valence-electron chi connectivity index (χ3n) is 4.57. The summed E-state index contributed by atoms with van der Waals surface area (Å²) in [5.74, 6) is 1.43. The van der Waals surface area contributed by atoms with E-state index < -0.39 is 0 Å². The molecule has 0 amide bonds. The molecule has 1 aliphatic heterocycles. The number of thiophene rings is 1. The molecule has 0 bridgehead atoms. The lowest BCUT2D eigenvalue weighted by molar-refractivity contribution is -1.02. The van der Waals surface area contributed by atoms with Crippen molar-refractivity contribution in [3.05, 3.63) is 58.6 Å². The quantitative estimate of drug-likeness (QED) is 0.700. The first-order valence-electron chi connectivity index (χ1n) is 8.44. The number of aromatic nitrogens is 2. The van der Waals surface area contributed by atoms with E-state index in [4.69, 9.17) is 4.52 Å². The van der Waals surface area contributed by atoms with Crippen LogP contribution in [0.25, 0.3) is 11.4 Å². The zero-order valence-corrected chi connectivity index (χ0v) is 14.4. The van der Waals surface area contributed by atoms with Crippen LogP contribution in [-0.4, -0.2) is 36.3 Å². The second-order valence-electron chi connectivity index (χ2n) is 6.31. The van der Waals surface area contributed by atoms with Crippen LogP contribution in [0, 0.1) is 0 Å². The second-order valence-corrected chi connectivity index (χ2v) is 7.34. The molecule has 0 atom stereocenters. The van der Waals surface area contributed by atoms with Gasteiger partial charge in [0, 0.05) is 5.56 Å². The van der Waals surface area contributed by atoms with E-state index >= 15 is 0 Å². The van der Waals surface area contributed by atoms with Crippen molar-refractivity contribution < 1.29 is 14.3 Å². The maximum absolute atomic E-state index is 5.45. The van der Waals surface area contributed by atoms with Gasteiger partial charge in [-0.2, -0.15) is 4.98 Å². The lowest BCUT2D eigenvalue weighted by Gasteiger charge is -2.28. The largest absolute Gasteiger partial charge is 0.333 e. The number of piperazine rings is 1. The Balaban J connectivity index is 1.30. The Bertz CT molecular complexity index is 748. The molecular weight excluding hydrogens is 320 g/mol. The topological polar surface area (TPSA) is 47.8 Å². The fourth-order valence-corrected chi connectivity index (χ4v) is 3.99. The maximum Gasteiger partial charge on any atom is 0.282 e. The van der Waals surface area contributed by atoms with Crippen LogP contribution in [0.4, 0.5) is 0 Å². The van der Waals surface area contributed by atoms with E-state index in [0.29, 0.717) is 5.82 Å². The average molecular weight is 342 g/mol. The van der Waals surface area contributed by atoms with Gasteiger partial charge in [-0.15, -0.1) is 11.3 Å². The highest BCUT2D eigenvalue weighted by Gasteiger charge is 2.25. The summed E-state index contributed by atoms with van der Waals surface area (Å²) in [6, 6.07) is 14.4. The van der Waals surface area contributed by atoms with Gasteiger partial charge in [0.1, 0.15) is 32.7 Å². The first kappa shape index (κ1) is 15.5. The minimum absolute atomic E-state index is 0.687. The Morgan fingerprint density at radius 2 is 1.67 bits per heavy atom. The SMILES string of the molecule is c1ccc(-c2noc(C[NH+]3CC[NH+](Cc4cccs4)CC3)n2)cc1. The normalized spacial score (nSPS) is 21.0. The van der Waals surface area contributed by atoms with Gasteiger partial charge >= 0.3 is 0 Å². The third-order valence-corrected chi connectivity index (χ3v) is 5.45. The monoisotopic (exact) mass is 342 g/mol. The molecule has 3 aromatic rings. The highest BCUT2D eigenvalue weighted by molar-refractivity contribution is 7.09. The van der Waals surface area contributed by atoms with E-state index in [1.165, 1.54) is 22.9 Å². The van der Waals surface area contributed by atoms with Gasteiger partial charge < -0.3 is 14.3 Å². The van der Waals surface area contributed by atoms with Crippen molar-refractivity contribution >= 4 is 11.3 Å². The van der Waals surface area contributed by atoms with Crippen molar-refractivity contribution in [3.8, 4) is 11.4 Å². The third kappa shape index (κ3) is 3.72. The van der Waals surface area contributed by atoms with Gasteiger partial charge in [-0.05, 0) is 11.4 Å². The number of rotatable bonds is 5. The van der Waals surface area contributed by atoms with Gasteiger partial charge in [0.15, 0.2) is 6.54 Å². The molecule has 1 saturated heterocycles. The first-order valence-corrected chi connectivity index (χ1v) is 9.32. The predicted molar refractivity (Wildman–Crippen MR) is 92.9 cm³/mol. The van der Waals surface area contributed by atoms with Crippen LogP contribution < -0.4 is 9.80 Å². The number of hydrogen-bond donors (Lipinski definition) is 2. The Kier molecular flexibility index (Phi) is 4.69. The summed E-state index contributed by atoms with van der Waals surface area (Å²) in [4.78, 5) is 9.25. The molecule has 0 unspecified atom stereocenters. The molecular formula is C18H22N4OS+2. The standard InChI is InChI=1S/C18H20N4OS/c1-2-5-15(6-3-1)18-19-17(23-20-18)14-22-10-8-21(9-11-22)13-16-7-4-12-24-16/h1-7,12H,8-11,13-14H2/p+2. The van der Waals surface area contributed by atoms with E-state index in [0.717, 1.165) is 37.6 Å². The van der Waals surface area contributed by atoms with E-state index in [9.17, 15) is 0 Å². The van der Waals surface area contributed by atoms with Crippen molar-refractivity contribution in [2.45, 2.75) is 13.1 Å². The van der Waals surface area contributed by atoms with E-state index in [-0.39, 0.29) is 0 Å². The summed E-state index contributed by atoms with van der Waals surface area (Å²) in [5, 5.41) is 6.28. The Hall–Kier alpha value is -2.02. The van der Waals surface area contributed by atoms with Crippen LogP contribution in [0.1, 0.15) is 10.8 Å². The Labute approximate surface area is 145 Å². The zero-order chi connectivity index (χ0) is 16.2. The highest BCUT2D eigenvalue weighted by Crippen LogP contribution is 2.14. The summed E-state index contributed by atoms with van der Waals surface area (Å²) in [6.45, 7) is 6.70. The van der Waals surface area contributed by atoms with Gasteiger partial charge in [0.25, 0.3) is 5.89 Å². The lowest BCUT2D eigenvalue weighted by Crippen LogP contribution is -3.27. The average Bonchev–Trinajstić information content (AvgIpc) is 3.29. The summed E-state index contributed by atoms with van der Waals surface area (Å²) in [5.41, 5.74) is 1.01. The predicted octanol–water partition coefficient (Wildman–Crippen LogP) is 0.282. The van der Waals surface area contributed by atoms with Gasteiger partial charge in [-0.3, -0.25) is 0 Å². The van der Waals surface area contributed by atoms with Crippen LogP contribution in [0.3, 0.4) is 0 Å². The van der Waals surface area contributed by atoms with Gasteiger partial charge in [0.2, 0.25) is 5.82 Å². The number of nitrogens with zero attached hydrogens (tertiary/aromatic N) is 2. The molecule has 3 heterocycles. The van der Waals surface area contributed by atoms with Crippen molar-refractivity contribution in [2.24, 2.45) is 0 Å². The number of nitrogens with one attached hydrogen (secondary N) is 2. The van der Waals surface area contributed by atoms with E-state index in [1.54, 1.807) is 4.90 Å². The highest BCUT2D eigenvalue weighted by atomic mass is 32.1. The maximum atomic E-state index is 5.45. The fourth-order valence-electron chi connectivity index (χ4n) is 3.22. The second kappa shape index (κ2) is 7.25. The molecule has 24 heavy (non-hydrogen) atoms. The van der Waals surface area contributed by atoms with Crippen LogP contribution in [0.5, 0.6) is 0 Å². The number of quaternary nitrogens is 2. The molecule has 124 valence electrons. The molecule has 2 N–H and O–H groups in total. The van der Waals surface area contributed by atoms with Gasteiger partial charge in [0.05, 0.1) is 4.88 Å². The Morgan fingerprint density at radius 1 is 0.917 bits per heavy atom. The van der Waals surface area contributed by atoms with Crippen molar-refractivity contribution in [3.63, 3.8) is 0 Å². The van der Waals surface area contributed by atoms with Crippen LogP contribution in [0.2, 0.25) is 0 Å². The minimum atomic E-state index is 0.687. The minimum Gasteiger partial charge on any atom is -0.333 e. The molecule has 1 aromatic carbocycles. The molecule has 4 rings (SSSR count). The molecule has 1 fully saturated rings. The van der Waals surface area contributed by atoms with Crippen molar-refractivity contribution in [1.29, 1.82) is 0 Å². The summed E-state index contributed by atoms with van der Waals surface area (Å²) >= 11 is 1.86. The molecule has 0 radical (unpaired) electrons. The van der Waals surface area contributed by atoms with Crippen molar-refractivity contribution in [1.82, 2.24) is 10.1 Å². The molecule has 2 aromatic heterocycles.